The van der Waals surface area contributed by atoms with Gasteiger partial charge in [-0.15, -0.1) is 0 Å². The van der Waals surface area contributed by atoms with E-state index in [9.17, 15) is 9.18 Å². The van der Waals surface area contributed by atoms with Crippen LogP contribution in [-0.4, -0.2) is 39.2 Å². The third-order valence-corrected chi connectivity index (χ3v) is 5.56. The molecule has 1 aliphatic rings. The van der Waals surface area contributed by atoms with Crippen LogP contribution in [0.4, 0.5) is 4.39 Å². The third kappa shape index (κ3) is 4.06. The van der Waals surface area contributed by atoms with Crippen molar-refractivity contribution in [2.75, 3.05) is 13.7 Å². The van der Waals surface area contributed by atoms with Gasteiger partial charge < -0.3 is 9.64 Å². The first-order valence-corrected chi connectivity index (χ1v) is 10.1. The van der Waals surface area contributed by atoms with Crippen LogP contribution in [-0.2, 0) is 18.3 Å². The van der Waals surface area contributed by atoms with Crippen molar-refractivity contribution in [2.45, 2.75) is 31.7 Å². The second kappa shape index (κ2) is 8.65. The van der Waals surface area contributed by atoms with Crippen molar-refractivity contribution < 1.29 is 13.9 Å². The topological polar surface area (TPSA) is 60.2 Å². The van der Waals surface area contributed by atoms with E-state index in [0.29, 0.717) is 12.1 Å². The quantitative estimate of drug-likeness (QED) is 0.642. The van der Waals surface area contributed by atoms with E-state index in [0.717, 1.165) is 36.1 Å². The number of aryl methyl sites for hydroxylation is 1. The molecule has 6 nitrogen and oxygen atoms in total. The Balaban J connectivity index is 1.61. The highest BCUT2D eigenvalue weighted by molar-refractivity contribution is 5.80. The molecule has 1 aromatic carbocycles. The van der Waals surface area contributed by atoms with Gasteiger partial charge in [-0.25, -0.2) is 4.39 Å². The summed E-state index contributed by atoms with van der Waals surface area (Å²) < 4.78 is 20.8. The molecular formula is C23H25FN4O2. The van der Waals surface area contributed by atoms with E-state index in [1.165, 1.54) is 13.2 Å². The average Bonchev–Trinajstić information content (AvgIpc) is 3.16. The highest BCUT2D eigenvalue weighted by Crippen LogP contribution is 2.36. The summed E-state index contributed by atoms with van der Waals surface area (Å²) in [6.45, 7) is 0.675. The summed E-state index contributed by atoms with van der Waals surface area (Å²) in [5.41, 5.74) is 3.58. The molecule has 0 radical (unpaired) electrons. The first-order chi connectivity index (χ1) is 14.6. The van der Waals surface area contributed by atoms with Crippen molar-refractivity contribution in [1.82, 2.24) is 19.7 Å². The third-order valence-electron chi connectivity index (χ3n) is 5.56. The normalized spacial score (nSPS) is 16.5. The molecule has 2 aromatic heterocycles. The molecule has 1 saturated heterocycles. The molecule has 0 bridgehead atoms. The predicted octanol–water partition coefficient (Wildman–Crippen LogP) is 3.93. The Bertz CT molecular complexity index is 1030. The van der Waals surface area contributed by atoms with Crippen LogP contribution in [0.2, 0.25) is 0 Å². The van der Waals surface area contributed by atoms with Crippen molar-refractivity contribution in [2.24, 2.45) is 7.05 Å². The fourth-order valence-corrected chi connectivity index (χ4v) is 4.12. The number of pyridine rings is 1. The number of piperidine rings is 1. The maximum absolute atomic E-state index is 14.1. The minimum absolute atomic E-state index is 0.0180. The van der Waals surface area contributed by atoms with Gasteiger partial charge in [-0.1, -0.05) is 6.07 Å². The lowest BCUT2D eigenvalue weighted by molar-refractivity contribution is -0.134. The smallest absolute Gasteiger partial charge is 0.227 e. The van der Waals surface area contributed by atoms with Gasteiger partial charge in [-0.2, -0.15) is 5.10 Å². The van der Waals surface area contributed by atoms with Crippen LogP contribution >= 0.6 is 0 Å². The molecule has 7 heteroatoms. The second-order valence-corrected chi connectivity index (χ2v) is 7.58. The Morgan fingerprint density at radius 2 is 2.03 bits per heavy atom. The van der Waals surface area contributed by atoms with Crippen molar-refractivity contribution in [3.8, 4) is 16.9 Å². The fourth-order valence-electron chi connectivity index (χ4n) is 4.12. The molecule has 0 unspecified atom stereocenters. The van der Waals surface area contributed by atoms with E-state index in [4.69, 9.17) is 9.84 Å². The zero-order valence-corrected chi connectivity index (χ0v) is 17.2. The molecule has 0 N–H and O–H groups in total. The zero-order valence-electron chi connectivity index (χ0n) is 17.2. The van der Waals surface area contributed by atoms with Crippen molar-refractivity contribution in [3.63, 3.8) is 0 Å². The lowest BCUT2D eigenvalue weighted by Crippen LogP contribution is -2.39. The molecule has 1 fully saturated rings. The van der Waals surface area contributed by atoms with Gasteiger partial charge in [0.05, 0.1) is 25.3 Å². The Morgan fingerprint density at radius 3 is 2.77 bits per heavy atom. The van der Waals surface area contributed by atoms with Crippen LogP contribution in [0.1, 0.15) is 36.6 Å². The first kappa shape index (κ1) is 20.1. The number of likely N-dealkylation sites (tertiary alicyclic amines) is 1. The fraction of sp³-hybridized carbons (Fsp3) is 0.348. The summed E-state index contributed by atoms with van der Waals surface area (Å²) in [6, 6.07) is 8.48. The van der Waals surface area contributed by atoms with Crippen molar-refractivity contribution in [3.05, 3.63) is 66.0 Å². The van der Waals surface area contributed by atoms with E-state index in [1.807, 2.05) is 30.3 Å². The zero-order chi connectivity index (χ0) is 21.1. The molecule has 3 heterocycles. The highest BCUT2D eigenvalue weighted by Gasteiger charge is 2.32. The van der Waals surface area contributed by atoms with Crippen LogP contribution in [0.15, 0.2) is 48.9 Å². The summed E-state index contributed by atoms with van der Waals surface area (Å²) in [5.74, 6) is -0.296. The number of carbonyl (C=O) groups excluding carboxylic acids is 1. The Hall–Kier alpha value is -3.22. The SMILES string of the molecule is COc1ccc(CC(=O)N2CCCC[C@@H]2c2nn(C)cc2-c2ccncc2)cc1F. The molecular weight excluding hydrogens is 383 g/mol. The maximum atomic E-state index is 14.1. The van der Waals surface area contributed by atoms with Crippen molar-refractivity contribution in [1.29, 1.82) is 0 Å². The summed E-state index contributed by atoms with van der Waals surface area (Å²) in [6.07, 6.45) is 8.50. The number of hydrogen-bond acceptors (Lipinski definition) is 4. The first-order valence-electron chi connectivity index (χ1n) is 10.1. The molecule has 0 spiro atoms. The number of aromatic nitrogens is 3. The van der Waals surface area contributed by atoms with Crippen LogP contribution in [0.3, 0.4) is 0 Å². The van der Waals surface area contributed by atoms with Crippen LogP contribution < -0.4 is 4.74 Å². The number of methoxy groups -OCH3 is 1. The summed E-state index contributed by atoms with van der Waals surface area (Å²) in [7, 11) is 3.32. The second-order valence-electron chi connectivity index (χ2n) is 7.58. The van der Waals surface area contributed by atoms with E-state index >= 15 is 0 Å². The summed E-state index contributed by atoms with van der Waals surface area (Å²) in [5, 5.41) is 4.71. The van der Waals surface area contributed by atoms with Crippen LogP contribution in [0, 0.1) is 5.82 Å². The highest BCUT2D eigenvalue weighted by atomic mass is 19.1. The molecule has 1 atom stereocenters. The van der Waals surface area contributed by atoms with Gasteiger partial charge >= 0.3 is 0 Å². The monoisotopic (exact) mass is 408 g/mol. The molecule has 0 aliphatic carbocycles. The number of halogens is 1. The number of ether oxygens (including phenoxy) is 1. The van der Waals surface area contributed by atoms with Crippen LogP contribution in [0.5, 0.6) is 5.75 Å². The standard InChI is InChI=1S/C23H25FN4O2/c1-27-15-18(17-8-10-25-11-9-17)23(26-27)20-5-3-4-12-28(20)22(29)14-16-6-7-21(30-2)19(24)13-16/h6-11,13,15,20H,3-5,12,14H2,1-2H3/t20-/m1/s1. The number of amides is 1. The largest absolute Gasteiger partial charge is 0.494 e. The van der Waals surface area contributed by atoms with Gasteiger partial charge in [0.25, 0.3) is 0 Å². The summed E-state index contributed by atoms with van der Waals surface area (Å²) >= 11 is 0. The van der Waals surface area contributed by atoms with Gasteiger partial charge in [0.1, 0.15) is 0 Å². The predicted molar refractivity (Wildman–Crippen MR) is 111 cm³/mol. The van der Waals surface area contributed by atoms with Gasteiger partial charge in [-0.05, 0) is 54.7 Å². The Labute approximate surface area is 175 Å². The van der Waals surface area contributed by atoms with E-state index in [-0.39, 0.29) is 24.1 Å². The Kier molecular flexibility index (Phi) is 5.79. The number of nitrogens with zero attached hydrogens (tertiary/aromatic N) is 4. The van der Waals surface area contributed by atoms with E-state index < -0.39 is 5.82 Å². The molecule has 0 saturated carbocycles. The number of rotatable bonds is 5. The van der Waals surface area contributed by atoms with E-state index in [1.54, 1.807) is 29.2 Å². The number of carbonyl (C=O) groups is 1. The van der Waals surface area contributed by atoms with Gasteiger partial charge in [-0.3, -0.25) is 14.5 Å². The minimum atomic E-state index is -0.456. The molecule has 1 aliphatic heterocycles. The number of benzene rings is 1. The Morgan fingerprint density at radius 1 is 1.23 bits per heavy atom. The number of hydrogen-bond donors (Lipinski definition) is 0. The van der Waals surface area contributed by atoms with Gasteiger partial charge in [0, 0.05) is 37.7 Å². The lowest BCUT2D eigenvalue weighted by atomic mass is 9.94. The molecule has 4 rings (SSSR count). The summed E-state index contributed by atoms with van der Waals surface area (Å²) in [4.78, 5) is 19.2. The maximum Gasteiger partial charge on any atom is 0.227 e. The lowest BCUT2D eigenvalue weighted by Gasteiger charge is -2.35. The van der Waals surface area contributed by atoms with E-state index in [2.05, 4.69) is 4.98 Å². The minimum Gasteiger partial charge on any atom is -0.494 e. The molecule has 3 aromatic rings. The van der Waals surface area contributed by atoms with Gasteiger partial charge in [0.2, 0.25) is 5.91 Å². The molecule has 156 valence electrons. The molecule has 30 heavy (non-hydrogen) atoms. The van der Waals surface area contributed by atoms with Crippen molar-refractivity contribution >= 4 is 5.91 Å². The van der Waals surface area contributed by atoms with Crippen LogP contribution in [0.25, 0.3) is 11.1 Å². The average molecular weight is 408 g/mol. The van der Waals surface area contributed by atoms with Gasteiger partial charge in [0.15, 0.2) is 11.6 Å². The molecule has 1 amide bonds.